The summed E-state index contributed by atoms with van der Waals surface area (Å²) in [5.41, 5.74) is 0.734. The van der Waals surface area contributed by atoms with Gasteiger partial charge in [0.05, 0.1) is 0 Å². The van der Waals surface area contributed by atoms with E-state index in [4.69, 9.17) is 32.2 Å². The van der Waals surface area contributed by atoms with Crippen molar-refractivity contribution in [2.24, 2.45) is 10.2 Å². The van der Waals surface area contributed by atoms with Gasteiger partial charge in [0.2, 0.25) is 11.4 Å². The van der Waals surface area contributed by atoms with Crippen molar-refractivity contribution in [3.8, 4) is 11.4 Å². The number of nitrogens with one attached hydrogen (secondary N) is 2. The van der Waals surface area contributed by atoms with Crippen LogP contribution in [-0.2, 0) is 0 Å². The van der Waals surface area contributed by atoms with Gasteiger partial charge in [0, 0.05) is 34.3 Å². The van der Waals surface area contributed by atoms with Crippen LogP contribution in [0.25, 0.3) is 11.4 Å². The van der Waals surface area contributed by atoms with Gasteiger partial charge in [0.15, 0.2) is 0 Å². The van der Waals surface area contributed by atoms with E-state index in [1.807, 2.05) is 0 Å². The van der Waals surface area contributed by atoms with Crippen molar-refractivity contribution in [2.45, 2.75) is 13.8 Å². The molecule has 0 spiro atoms. The van der Waals surface area contributed by atoms with Crippen LogP contribution in [0.3, 0.4) is 0 Å². The number of benzene rings is 2. The Bertz CT molecular complexity index is 1330. The highest BCUT2D eigenvalue weighted by Gasteiger charge is 2.28. The number of aromatic amines is 2. The highest BCUT2D eigenvalue weighted by Crippen LogP contribution is 2.10. The van der Waals surface area contributed by atoms with Gasteiger partial charge in [-0.3, -0.25) is 9.05 Å². The second kappa shape index (κ2) is 8.77. The Morgan fingerprint density at radius 2 is 1.06 bits per heavy atom. The Hall–Kier alpha value is -3.76. The maximum absolute atomic E-state index is 12.3. The van der Waals surface area contributed by atoms with Crippen LogP contribution in [0.5, 0.6) is 0 Å². The summed E-state index contributed by atoms with van der Waals surface area (Å²) in [6.45, 7) is 3.19. The fraction of sp³-hybridized carbons (Fsp3) is 0.100. The molecule has 0 radical (unpaired) electrons. The summed E-state index contributed by atoms with van der Waals surface area (Å²) in [5.74, 6) is 0. The van der Waals surface area contributed by atoms with Crippen LogP contribution < -0.4 is 20.6 Å². The highest BCUT2D eigenvalue weighted by molar-refractivity contribution is 6.30. The summed E-state index contributed by atoms with van der Waals surface area (Å²) in [6, 6.07) is 13.5. The Morgan fingerprint density at radius 3 is 1.41 bits per heavy atom. The van der Waals surface area contributed by atoms with Gasteiger partial charge >= 0.3 is 22.6 Å². The molecule has 2 heterocycles. The fourth-order valence-corrected chi connectivity index (χ4v) is 3.20. The first kappa shape index (κ1) is 21.5. The molecular weight excluding hydrogens is 459 g/mol. The van der Waals surface area contributed by atoms with Crippen LogP contribution in [0.2, 0.25) is 10.0 Å². The Kier molecular flexibility index (Phi) is 5.89. The molecule has 10 nitrogen and oxygen atoms in total. The molecule has 2 N–H and O–H groups in total. The lowest BCUT2D eigenvalue weighted by molar-refractivity contribution is -0.671. The van der Waals surface area contributed by atoms with Crippen molar-refractivity contribution in [1.29, 1.82) is 0 Å². The number of H-pyrrole nitrogens is 2. The first-order valence-electron chi connectivity index (χ1n) is 9.23. The molecule has 0 atom stereocenters. The summed E-state index contributed by atoms with van der Waals surface area (Å²) < 4.78 is 12.7. The number of hydrogen-bond donors (Lipinski definition) is 2. The summed E-state index contributed by atoms with van der Waals surface area (Å²) in [7, 11) is 0. The number of halogens is 2. The number of hydrogen-bond acceptors (Lipinski definition) is 6. The molecule has 0 aliphatic carbocycles. The summed E-state index contributed by atoms with van der Waals surface area (Å²) >= 11 is 11.9. The van der Waals surface area contributed by atoms with E-state index in [1.54, 1.807) is 62.4 Å². The lowest BCUT2D eigenvalue weighted by atomic mass is 10.2. The molecule has 0 unspecified atom stereocenters. The van der Waals surface area contributed by atoms with Crippen LogP contribution in [0.4, 0.5) is 0 Å². The van der Waals surface area contributed by atoms with Gasteiger partial charge in [-0.2, -0.15) is 0 Å². The standard InChI is InChI=1S/C20H15Cl2N6O4/c1-11(17-19(29)31-25-27(17)15-7-3-13(21)4-8-15)23-24-12(2)18-20(30)32-26-28(18)16-9-5-14(22)6-10-16/h3-10,25H,1-2H3/q+1/p+1. The maximum atomic E-state index is 12.3. The first-order chi connectivity index (χ1) is 15.3. The summed E-state index contributed by atoms with van der Waals surface area (Å²) in [4.78, 5) is 24.5. The molecule has 2 aromatic heterocycles. The third-order valence-corrected chi connectivity index (χ3v) is 5.00. The van der Waals surface area contributed by atoms with Crippen molar-refractivity contribution < 1.29 is 18.4 Å². The third-order valence-electron chi connectivity index (χ3n) is 4.50. The van der Waals surface area contributed by atoms with Gasteiger partial charge in [-0.15, -0.1) is 10.2 Å². The van der Waals surface area contributed by atoms with Crippen molar-refractivity contribution in [3.05, 3.63) is 90.8 Å². The molecule has 0 fully saturated rings. The molecule has 0 bridgehead atoms. The van der Waals surface area contributed by atoms with E-state index in [0.29, 0.717) is 21.4 Å². The van der Waals surface area contributed by atoms with Crippen molar-refractivity contribution in [2.75, 3.05) is 0 Å². The predicted octanol–water partition coefficient (Wildman–Crippen LogP) is 2.34. The fourth-order valence-electron chi connectivity index (χ4n) is 2.95. The third kappa shape index (κ3) is 4.18. The molecule has 0 aliphatic rings. The normalized spacial score (nSPS) is 12.4. The molecule has 4 rings (SSSR count). The van der Waals surface area contributed by atoms with E-state index in [0.717, 1.165) is 0 Å². The summed E-state index contributed by atoms with van der Waals surface area (Å²) in [5, 5.41) is 14.4. The van der Waals surface area contributed by atoms with Gasteiger partial charge in [-0.05, 0) is 58.0 Å². The zero-order valence-electron chi connectivity index (χ0n) is 16.8. The van der Waals surface area contributed by atoms with Crippen LogP contribution in [0.15, 0.2) is 77.4 Å². The molecule has 0 saturated heterocycles. The molecule has 12 heteroatoms. The summed E-state index contributed by atoms with van der Waals surface area (Å²) in [6.07, 6.45) is 0. The van der Waals surface area contributed by atoms with E-state index in [9.17, 15) is 9.59 Å². The van der Waals surface area contributed by atoms with E-state index in [-0.39, 0.29) is 22.8 Å². The van der Waals surface area contributed by atoms with Crippen LogP contribution in [0.1, 0.15) is 25.2 Å². The molecule has 2 aromatic carbocycles. The molecule has 4 aromatic rings. The first-order valence-corrected chi connectivity index (χ1v) is 9.99. The predicted molar refractivity (Wildman–Crippen MR) is 116 cm³/mol. The number of rotatable bonds is 5. The number of aromatic nitrogens is 4. The molecular formula is C20H16Cl2N6O4+2. The monoisotopic (exact) mass is 474 g/mol. The highest BCUT2D eigenvalue weighted by atomic mass is 35.5. The van der Waals surface area contributed by atoms with Crippen molar-refractivity contribution >= 4 is 34.6 Å². The van der Waals surface area contributed by atoms with Crippen LogP contribution >= 0.6 is 23.2 Å². The number of nitrogens with zero attached hydrogens (tertiary/aromatic N) is 4. The molecule has 0 aliphatic heterocycles. The zero-order valence-corrected chi connectivity index (χ0v) is 18.3. The molecule has 32 heavy (non-hydrogen) atoms. The largest absolute Gasteiger partial charge is 0.437 e. The lowest BCUT2D eigenvalue weighted by Crippen LogP contribution is -2.41. The van der Waals surface area contributed by atoms with E-state index in [2.05, 4.69) is 20.7 Å². The van der Waals surface area contributed by atoms with E-state index < -0.39 is 11.3 Å². The van der Waals surface area contributed by atoms with Gasteiger partial charge in [-0.25, -0.2) is 9.59 Å². The molecule has 0 saturated carbocycles. The SMILES string of the molecule is C/C(=N\N=C(/C)c1c(=O)o[nH][n+]1-c1ccc(Cl)cc1)c1c(=O)o[nH][n+]1-c1ccc(Cl)cc1. The molecule has 162 valence electrons. The van der Waals surface area contributed by atoms with Crippen LogP contribution in [0, 0.1) is 0 Å². The van der Waals surface area contributed by atoms with Gasteiger partial charge in [0.25, 0.3) is 0 Å². The maximum Gasteiger partial charge on any atom is 0.437 e. The van der Waals surface area contributed by atoms with Gasteiger partial charge < -0.3 is 0 Å². The Balaban J connectivity index is 1.72. The lowest BCUT2D eigenvalue weighted by Gasteiger charge is -1.95. The minimum absolute atomic E-state index is 0.135. The minimum atomic E-state index is -0.633. The average Bonchev–Trinajstić information content (AvgIpc) is 3.35. The van der Waals surface area contributed by atoms with Crippen molar-refractivity contribution in [1.82, 2.24) is 10.5 Å². The second-order valence-corrected chi connectivity index (χ2v) is 7.53. The van der Waals surface area contributed by atoms with Crippen LogP contribution in [-0.4, -0.2) is 22.0 Å². The Morgan fingerprint density at radius 1 is 0.719 bits per heavy atom. The van der Waals surface area contributed by atoms with Crippen molar-refractivity contribution in [3.63, 3.8) is 0 Å². The van der Waals surface area contributed by atoms with E-state index >= 15 is 0 Å². The molecule has 0 amide bonds. The average molecular weight is 475 g/mol. The topological polar surface area (TPSA) is 124 Å². The van der Waals surface area contributed by atoms with E-state index in [1.165, 1.54) is 9.36 Å². The second-order valence-electron chi connectivity index (χ2n) is 6.65. The quantitative estimate of drug-likeness (QED) is 0.261. The minimum Gasteiger partial charge on any atom is -0.282 e. The Labute approximate surface area is 189 Å². The van der Waals surface area contributed by atoms with Gasteiger partial charge in [-0.1, -0.05) is 23.2 Å². The zero-order chi connectivity index (χ0) is 22.8. The van der Waals surface area contributed by atoms with Gasteiger partial charge in [0.1, 0.15) is 11.4 Å². The smallest absolute Gasteiger partial charge is 0.282 e.